The van der Waals surface area contributed by atoms with Gasteiger partial charge in [-0.05, 0) is 53.1 Å². The monoisotopic (exact) mass is 306 g/mol. The van der Waals surface area contributed by atoms with Crippen LogP contribution in [0.1, 0.15) is 16.7 Å². The number of benzene rings is 1. The van der Waals surface area contributed by atoms with E-state index in [1.54, 1.807) is 20.0 Å². The Morgan fingerprint density at radius 1 is 1.35 bits per heavy atom. The molecule has 0 atom stereocenters. The summed E-state index contributed by atoms with van der Waals surface area (Å²) in [6, 6.07) is 8.50. The highest BCUT2D eigenvalue weighted by molar-refractivity contribution is 7.89. The third-order valence-electron chi connectivity index (χ3n) is 3.01. The summed E-state index contributed by atoms with van der Waals surface area (Å²) in [6.45, 7) is 2.07. The lowest BCUT2D eigenvalue weighted by Crippen LogP contribution is -2.26. The van der Waals surface area contributed by atoms with Gasteiger partial charge in [0.25, 0.3) is 0 Å². The van der Waals surface area contributed by atoms with Crippen molar-refractivity contribution in [3.63, 3.8) is 0 Å². The van der Waals surface area contributed by atoms with Crippen molar-refractivity contribution in [3.05, 3.63) is 51.7 Å². The van der Waals surface area contributed by atoms with E-state index in [9.17, 15) is 8.42 Å². The van der Waals surface area contributed by atoms with Crippen LogP contribution in [0.3, 0.4) is 0 Å². The second kappa shape index (κ2) is 5.75. The Labute approximate surface area is 123 Å². The summed E-state index contributed by atoms with van der Waals surface area (Å²) < 4.78 is 26.2. The van der Waals surface area contributed by atoms with Crippen molar-refractivity contribution >= 4 is 21.4 Å². The molecule has 0 saturated carbocycles. The van der Waals surface area contributed by atoms with Crippen LogP contribution in [0.15, 0.2) is 39.9 Å². The van der Waals surface area contributed by atoms with Gasteiger partial charge in [-0.3, -0.25) is 0 Å². The number of sulfonamides is 1. The number of hydrogen-bond acceptors (Lipinski definition) is 4. The van der Waals surface area contributed by atoms with E-state index in [1.165, 1.54) is 27.8 Å². The molecule has 0 aliphatic carbocycles. The maximum absolute atomic E-state index is 12.5. The third-order valence-corrected chi connectivity index (χ3v) is 5.54. The lowest BCUT2D eigenvalue weighted by Gasteiger charge is -2.17. The lowest BCUT2D eigenvalue weighted by molar-refractivity contribution is 0.467. The molecule has 2 aromatic rings. The largest absolute Gasteiger partial charge is 0.243 e. The molecule has 6 heteroatoms. The molecule has 0 amide bonds. The number of nitrogens with zero attached hydrogens (tertiary/aromatic N) is 2. The molecular formula is C14H14N2O2S2. The fraction of sp³-hybridized carbons (Fsp3) is 0.214. The van der Waals surface area contributed by atoms with Crippen molar-refractivity contribution in [3.8, 4) is 6.07 Å². The molecule has 0 bridgehead atoms. The van der Waals surface area contributed by atoms with Crippen molar-refractivity contribution in [2.24, 2.45) is 0 Å². The van der Waals surface area contributed by atoms with Crippen molar-refractivity contribution in [1.82, 2.24) is 4.31 Å². The molecule has 0 aliphatic rings. The molecule has 104 valence electrons. The molecule has 2 rings (SSSR count). The highest BCUT2D eigenvalue weighted by Crippen LogP contribution is 2.20. The minimum absolute atomic E-state index is 0.215. The van der Waals surface area contributed by atoms with Gasteiger partial charge in [0.15, 0.2) is 0 Å². The molecule has 0 N–H and O–H groups in total. The Hall–Kier alpha value is -1.68. The van der Waals surface area contributed by atoms with Crippen LogP contribution in [-0.4, -0.2) is 19.8 Å². The van der Waals surface area contributed by atoms with Gasteiger partial charge in [-0.1, -0.05) is 0 Å². The van der Waals surface area contributed by atoms with Crippen LogP contribution < -0.4 is 0 Å². The van der Waals surface area contributed by atoms with Crippen molar-refractivity contribution in [2.75, 3.05) is 7.05 Å². The molecule has 20 heavy (non-hydrogen) atoms. The smallest absolute Gasteiger partial charge is 0.207 e. The summed E-state index contributed by atoms with van der Waals surface area (Å²) in [5.41, 5.74) is 2.12. The van der Waals surface area contributed by atoms with Crippen LogP contribution in [-0.2, 0) is 16.6 Å². The maximum atomic E-state index is 12.5. The Morgan fingerprint density at radius 3 is 2.65 bits per heavy atom. The number of nitriles is 1. The molecule has 0 spiro atoms. The second-order valence-electron chi connectivity index (χ2n) is 4.48. The number of rotatable bonds is 4. The van der Waals surface area contributed by atoms with Crippen LogP contribution in [0.2, 0.25) is 0 Å². The molecule has 1 aromatic carbocycles. The summed E-state index contributed by atoms with van der Waals surface area (Å²) >= 11 is 1.54. The van der Waals surface area contributed by atoms with Gasteiger partial charge < -0.3 is 0 Å². The zero-order chi connectivity index (χ0) is 14.8. The Kier molecular flexibility index (Phi) is 4.23. The van der Waals surface area contributed by atoms with Crippen molar-refractivity contribution < 1.29 is 8.42 Å². The van der Waals surface area contributed by atoms with Crippen LogP contribution in [0.25, 0.3) is 0 Å². The first-order valence-corrected chi connectivity index (χ1v) is 8.31. The van der Waals surface area contributed by atoms with Gasteiger partial charge in [-0.25, -0.2) is 8.42 Å². The first-order valence-electron chi connectivity index (χ1n) is 5.93. The van der Waals surface area contributed by atoms with Gasteiger partial charge >= 0.3 is 0 Å². The predicted octanol–water partition coefficient (Wildman–Crippen LogP) is 2.75. The predicted molar refractivity (Wildman–Crippen MR) is 78.9 cm³/mol. The topological polar surface area (TPSA) is 61.2 Å². The Balaban J connectivity index is 2.30. The summed E-state index contributed by atoms with van der Waals surface area (Å²) in [6.07, 6.45) is 0. The summed E-state index contributed by atoms with van der Waals surface area (Å²) in [4.78, 5) is 0.215. The van der Waals surface area contributed by atoms with Crippen LogP contribution in [0.5, 0.6) is 0 Å². The Morgan fingerprint density at radius 2 is 2.10 bits per heavy atom. The lowest BCUT2D eigenvalue weighted by atomic mass is 10.1. The van der Waals surface area contributed by atoms with Crippen LogP contribution in [0, 0.1) is 18.3 Å². The highest BCUT2D eigenvalue weighted by atomic mass is 32.2. The van der Waals surface area contributed by atoms with E-state index in [0.717, 1.165) is 5.56 Å². The van der Waals surface area contributed by atoms with Gasteiger partial charge in [-0.2, -0.15) is 20.9 Å². The van der Waals surface area contributed by atoms with Gasteiger partial charge in [0, 0.05) is 13.6 Å². The molecule has 0 fully saturated rings. The summed E-state index contributed by atoms with van der Waals surface area (Å²) in [5, 5.41) is 12.7. The minimum atomic E-state index is -3.53. The quantitative estimate of drug-likeness (QED) is 0.872. The fourth-order valence-electron chi connectivity index (χ4n) is 1.83. The molecule has 0 unspecified atom stereocenters. The molecule has 0 aliphatic heterocycles. The van der Waals surface area contributed by atoms with E-state index < -0.39 is 10.0 Å². The normalized spacial score (nSPS) is 11.5. The molecule has 1 aromatic heterocycles. The van der Waals surface area contributed by atoms with Crippen LogP contribution >= 0.6 is 11.3 Å². The SMILES string of the molecule is Cc1cc(S(=O)(=O)N(C)Cc2ccsc2)ccc1C#N. The fourth-order valence-corrected chi connectivity index (χ4v) is 3.73. The van der Waals surface area contributed by atoms with Crippen LogP contribution in [0.4, 0.5) is 0 Å². The third kappa shape index (κ3) is 2.90. The molecule has 4 nitrogen and oxygen atoms in total. The number of thiophene rings is 1. The highest BCUT2D eigenvalue weighted by Gasteiger charge is 2.21. The Bertz CT molecular complexity index is 744. The van der Waals surface area contributed by atoms with Gasteiger partial charge in [0.05, 0.1) is 16.5 Å². The zero-order valence-electron chi connectivity index (χ0n) is 11.2. The van der Waals surface area contributed by atoms with E-state index in [0.29, 0.717) is 17.7 Å². The first kappa shape index (κ1) is 14.7. The van der Waals surface area contributed by atoms with E-state index in [2.05, 4.69) is 0 Å². The molecular weight excluding hydrogens is 292 g/mol. The maximum Gasteiger partial charge on any atom is 0.243 e. The van der Waals surface area contributed by atoms with Crippen molar-refractivity contribution in [1.29, 1.82) is 5.26 Å². The van der Waals surface area contributed by atoms with E-state index >= 15 is 0 Å². The zero-order valence-corrected chi connectivity index (χ0v) is 12.8. The molecule has 0 saturated heterocycles. The first-order chi connectivity index (χ1) is 9.45. The van der Waals surface area contributed by atoms with E-state index in [-0.39, 0.29) is 4.90 Å². The molecule has 0 radical (unpaired) electrons. The van der Waals surface area contributed by atoms with Gasteiger partial charge in [0.2, 0.25) is 10.0 Å². The standard InChI is InChI=1S/C14H14N2O2S2/c1-11-7-14(4-3-13(11)8-15)20(17,18)16(2)9-12-5-6-19-10-12/h3-7,10H,9H2,1-2H3. The van der Waals surface area contributed by atoms with E-state index in [4.69, 9.17) is 5.26 Å². The summed E-state index contributed by atoms with van der Waals surface area (Å²) in [5.74, 6) is 0. The van der Waals surface area contributed by atoms with E-state index in [1.807, 2.05) is 22.9 Å². The summed E-state index contributed by atoms with van der Waals surface area (Å²) in [7, 11) is -1.98. The number of hydrogen-bond donors (Lipinski definition) is 0. The average Bonchev–Trinajstić information content (AvgIpc) is 2.91. The number of aryl methyl sites for hydroxylation is 1. The van der Waals surface area contributed by atoms with Crippen molar-refractivity contribution in [2.45, 2.75) is 18.4 Å². The molecule has 1 heterocycles. The van der Waals surface area contributed by atoms with Gasteiger partial charge in [0.1, 0.15) is 0 Å². The van der Waals surface area contributed by atoms with Gasteiger partial charge in [-0.15, -0.1) is 0 Å². The average molecular weight is 306 g/mol. The second-order valence-corrected chi connectivity index (χ2v) is 7.31. The minimum Gasteiger partial charge on any atom is -0.207 e.